The van der Waals surface area contributed by atoms with Gasteiger partial charge in [0.25, 0.3) is 11.8 Å². The Balaban J connectivity index is 1.34. The molecule has 2 fully saturated rings. The van der Waals surface area contributed by atoms with E-state index in [0.29, 0.717) is 38.0 Å². The van der Waals surface area contributed by atoms with Crippen molar-refractivity contribution in [3.8, 4) is 5.75 Å². The molecule has 1 atom stereocenters. The number of ether oxygens (including phenoxy) is 1. The fourth-order valence-corrected chi connectivity index (χ4v) is 4.54. The molecule has 2 saturated heterocycles. The van der Waals surface area contributed by atoms with Gasteiger partial charge in [0.05, 0.1) is 11.5 Å². The predicted octanol–water partition coefficient (Wildman–Crippen LogP) is 3.26. The van der Waals surface area contributed by atoms with E-state index < -0.39 is 18.3 Å². The second-order valence-corrected chi connectivity index (χ2v) is 8.59. The van der Waals surface area contributed by atoms with Crippen LogP contribution < -0.4 is 4.74 Å². The Bertz CT molecular complexity index is 1070. The molecule has 10 heteroatoms. The van der Waals surface area contributed by atoms with E-state index in [1.807, 2.05) is 0 Å². The van der Waals surface area contributed by atoms with Gasteiger partial charge in [-0.05, 0) is 49.2 Å². The van der Waals surface area contributed by atoms with E-state index in [4.69, 9.17) is 0 Å². The molecule has 2 aromatic rings. The zero-order valence-electron chi connectivity index (χ0n) is 19.0. The van der Waals surface area contributed by atoms with Crippen LogP contribution in [0.3, 0.4) is 0 Å². The third kappa shape index (κ3) is 5.75. The SMILES string of the molecule is O=C(c1ccc(F)cc1)N1CCCC(C(=O)N2CCN(C(=O)c3ccccc3OC(F)F)CC2)C1. The summed E-state index contributed by atoms with van der Waals surface area (Å²) in [5.41, 5.74) is 0.428. The van der Waals surface area contributed by atoms with E-state index in [1.54, 1.807) is 15.9 Å². The average Bonchev–Trinajstić information content (AvgIpc) is 2.88. The van der Waals surface area contributed by atoms with Crippen LogP contribution >= 0.6 is 0 Å². The summed E-state index contributed by atoms with van der Waals surface area (Å²) in [6.07, 6.45) is 1.34. The van der Waals surface area contributed by atoms with Crippen LogP contribution in [0.5, 0.6) is 5.75 Å². The highest BCUT2D eigenvalue weighted by molar-refractivity contribution is 5.97. The van der Waals surface area contributed by atoms with Gasteiger partial charge < -0.3 is 19.4 Å². The summed E-state index contributed by atoms with van der Waals surface area (Å²) in [6, 6.07) is 11.2. The second kappa shape index (κ2) is 10.8. The first-order valence-corrected chi connectivity index (χ1v) is 11.5. The third-order valence-electron chi connectivity index (χ3n) is 6.36. The molecule has 3 amide bonds. The number of para-hydroxylation sites is 1. The van der Waals surface area contributed by atoms with E-state index in [9.17, 15) is 27.6 Å². The quantitative estimate of drug-likeness (QED) is 0.647. The van der Waals surface area contributed by atoms with Crippen molar-refractivity contribution in [2.75, 3.05) is 39.3 Å². The lowest BCUT2D eigenvalue weighted by molar-refractivity contribution is -0.138. The Kier molecular flexibility index (Phi) is 7.57. The molecule has 4 rings (SSSR count). The number of piperazine rings is 1. The van der Waals surface area contributed by atoms with E-state index >= 15 is 0 Å². The highest BCUT2D eigenvalue weighted by Gasteiger charge is 2.34. The summed E-state index contributed by atoms with van der Waals surface area (Å²) in [6.45, 7) is -1.08. The monoisotopic (exact) mass is 489 g/mol. The number of benzene rings is 2. The van der Waals surface area contributed by atoms with Gasteiger partial charge in [-0.2, -0.15) is 8.78 Å². The number of likely N-dealkylation sites (tertiary alicyclic amines) is 1. The predicted molar refractivity (Wildman–Crippen MR) is 121 cm³/mol. The summed E-state index contributed by atoms with van der Waals surface area (Å²) >= 11 is 0. The first-order valence-electron chi connectivity index (χ1n) is 11.5. The smallest absolute Gasteiger partial charge is 0.387 e. The third-order valence-corrected chi connectivity index (χ3v) is 6.36. The molecule has 0 bridgehead atoms. The number of alkyl halides is 2. The zero-order chi connectivity index (χ0) is 24.9. The standard InChI is InChI=1S/C25H26F3N3O4/c26-19-9-7-17(8-10-19)22(32)31-11-3-4-18(16-31)23(33)29-12-14-30(15-13-29)24(34)20-5-1-2-6-21(20)35-25(27)28/h1-2,5-10,18,25H,3-4,11-16H2. The number of nitrogens with zero attached hydrogens (tertiary/aromatic N) is 3. The van der Waals surface area contributed by atoms with Gasteiger partial charge >= 0.3 is 6.61 Å². The Hall–Kier alpha value is -3.56. The molecule has 2 aliphatic heterocycles. The molecule has 35 heavy (non-hydrogen) atoms. The Morgan fingerprint density at radius 1 is 0.829 bits per heavy atom. The molecule has 0 spiro atoms. The Morgan fingerprint density at radius 3 is 2.17 bits per heavy atom. The number of carbonyl (C=O) groups is 3. The van der Waals surface area contributed by atoms with E-state index in [1.165, 1.54) is 47.4 Å². The minimum Gasteiger partial charge on any atom is -0.434 e. The summed E-state index contributed by atoms with van der Waals surface area (Å²) in [5.74, 6) is -1.69. The fourth-order valence-electron chi connectivity index (χ4n) is 4.54. The summed E-state index contributed by atoms with van der Waals surface area (Å²) in [5, 5.41) is 0. The van der Waals surface area contributed by atoms with Crippen molar-refractivity contribution in [1.82, 2.24) is 14.7 Å². The minimum absolute atomic E-state index is 0.0507. The van der Waals surface area contributed by atoms with Crippen LogP contribution in [0.1, 0.15) is 33.6 Å². The zero-order valence-corrected chi connectivity index (χ0v) is 19.0. The summed E-state index contributed by atoms with van der Waals surface area (Å²) in [4.78, 5) is 43.6. The molecular formula is C25H26F3N3O4. The Morgan fingerprint density at radius 2 is 1.49 bits per heavy atom. The van der Waals surface area contributed by atoms with Gasteiger partial charge in [-0.15, -0.1) is 0 Å². The first kappa shape index (κ1) is 24.6. The maximum absolute atomic E-state index is 13.2. The normalized spacial score (nSPS) is 18.5. The maximum atomic E-state index is 13.2. The highest BCUT2D eigenvalue weighted by atomic mass is 19.3. The molecule has 2 heterocycles. The van der Waals surface area contributed by atoms with Gasteiger partial charge in [0.2, 0.25) is 5.91 Å². The van der Waals surface area contributed by atoms with Crippen molar-refractivity contribution >= 4 is 17.7 Å². The van der Waals surface area contributed by atoms with Crippen LogP contribution in [0.25, 0.3) is 0 Å². The van der Waals surface area contributed by atoms with Crippen molar-refractivity contribution in [1.29, 1.82) is 0 Å². The lowest BCUT2D eigenvalue weighted by Crippen LogP contribution is -2.54. The Labute approximate surface area is 201 Å². The van der Waals surface area contributed by atoms with Crippen LogP contribution in [-0.4, -0.2) is 78.3 Å². The lowest BCUT2D eigenvalue weighted by Gasteiger charge is -2.39. The number of rotatable bonds is 5. The molecule has 0 radical (unpaired) electrons. The summed E-state index contributed by atoms with van der Waals surface area (Å²) < 4.78 is 43.0. The van der Waals surface area contributed by atoms with Gasteiger partial charge in [0.15, 0.2) is 0 Å². The molecule has 0 aliphatic carbocycles. The number of hydrogen-bond acceptors (Lipinski definition) is 4. The molecule has 0 N–H and O–H groups in total. The topological polar surface area (TPSA) is 70.2 Å². The van der Waals surface area contributed by atoms with E-state index in [2.05, 4.69) is 4.74 Å². The first-order chi connectivity index (χ1) is 16.8. The van der Waals surface area contributed by atoms with Crippen molar-refractivity contribution in [3.05, 3.63) is 65.5 Å². The number of hydrogen-bond donors (Lipinski definition) is 0. The molecule has 0 saturated carbocycles. The molecule has 2 aliphatic rings. The van der Waals surface area contributed by atoms with Crippen molar-refractivity contribution < 1.29 is 32.3 Å². The lowest BCUT2D eigenvalue weighted by atomic mass is 9.95. The van der Waals surface area contributed by atoms with Gasteiger partial charge in [0, 0.05) is 44.8 Å². The highest BCUT2D eigenvalue weighted by Crippen LogP contribution is 2.24. The van der Waals surface area contributed by atoms with Crippen LogP contribution in [-0.2, 0) is 4.79 Å². The largest absolute Gasteiger partial charge is 0.434 e. The summed E-state index contributed by atoms with van der Waals surface area (Å²) in [7, 11) is 0. The van der Waals surface area contributed by atoms with E-state index in [-0.39, 0.29) is 48.7 Å². The minimum atomic E-state index is -3.04. The van der Waals surface area contributed by atoms with Gasteiger partial charge in [-0.25, -0.2) is 4.39 Å². The second-order valence-electron chi connectivity index (χ2n) is 8.59. The molecule has 2 aromatic carbocycles. The number of halogens is 3. The van der Waals surface area contributed by atoms with Crippen LogP contribution in [0, 0.1) is 11.7 Å². The fraction of sp³-hybridized carbons (Fsp3) is 0.400. The average molecular weight is 489 g/mol. The number of piperidine rings is 1. The van der Waals surface area contributed by atoms with Crippen LogP contribution in [0.2, 0.25) is 0 Å². The van der Waals surface area contributed by atoms with Crippen LogP contribution in [0.4, 0.5) is 13.2 Å². The van der Waals surface area contributed by atoms with Crippen molar-refractivity contribution in [2.24, 2.45) is 5.92 Å². The molecular weight excluding hydrogens is 463 g/mol. The number of amides is 3. The van der Waals surface area contributed by atoms with Gasteiger partial charge in [0.1, 0.15) is 11.6 Å². The molecule has 0 aromatic heterocycles. The van der Waals surface area contributed by atoms with Crippen molar-refractivity contribution in [3.63, 3.8) is 0 Å². The maximum Gasteiger partial charge on any atom is 0.387 e. The molecule has 186 valence electrons. The van der Waals surface area contributed by atoms with Crippen LogP contribution in [0.15, 0.2) is 48.5 Å². The molecule has 7 nitrogen and oxygen atoms in total. The van der Waals surface area contributed by atoms with Gasteiger partial charge in [-0.3, -0.25) is 14.4 Å². The van der Waals surface area contributed by atoms with Gasteiger partial charge in [-0.1, -0.05) is 12.1 Å². The number of carbonyl (C=O) groups excluding carboxylic acids is 3. The van der Waals surface area contributed by atoms with Crippen molar-refractivity contribution in [2.45, 2.75) is 19.5 Å². The molecule has 1 unspecified atom stereocenters. The van der Waals surface area contributed by atoms with E-state index in [0.717, 1.165) is 0 Å².